The number of hydrogen-bond donors (Lipinski definition) is 1. The van der Waals surface area contributed by atoms with E-state index in [-0.39, 0.29) is 6.42 Å². The molecule has 122 valence electrons. The molecule has 0 rings (SSSR count). The molecule has 0 spiro atoms. The molecule has 0 atom stereocenters. The van der Waals surface area contributed by atoms with Gasteiger partial charge in [0, 0.05) is 6.42 Å². The lowest BCUT2D eigenvalue weighted by molar-refractivity contribution is -0.137. The zero-order valence-corrected chi connectivity index (χ0v) is 13.8. The van der Waals surface area contributed by atoms with Gasteiger partial charge < -0.3 is 5.11 Å². The summed E-state index contributed by atoms with van der Waals surface area (Å²) in [4.78, 5) is 10.3. The minimum Gasteiger partial charge on any atom is -0.481 e. The maximum atomic E-state index is 10.3. The molecule has 0 amide bonds. The quantitative estimate of drug-likeness (QED) is 0.258. The molecule has 0 heterocycles. The van der Waals surface area contributed by atoms with Gasteiger partial charge in [-0.25, -0.2) is 0 Å². The smallest absolute Gasteiger partial charge is 0.303 e. The summed E-state index contributed by atoms with van der Waals surface area (Å²) in [5.74, 6) is -0.727. The van der Waals surface area contributed by atoms with Crippen LogP contribution >= 0.6 is 0 Å². The number of carbonyl (C=O) groups is 1. The van der Waals surface area contributed by atoms with E-state index in [1.54, 1.807) is 0 Å². The highest BCUT2D eigenvalue weighted by atomic mass is 16.4. The summed E-state index contributed by atoms with van der Waals surface area (Å²) >= 11 is 0. The van der Waals surface area contributed by atoms with Gasteiger partial charge in [-0.1, -0.05) is 80.5 Å². The highest BCUT2D eigenvalue weighted by Gasteiger charge is 1.92. The normalized spacial score (nSPS) is 12.8. The molecule has 0 aromatic heterocycles. The molecule has 22 heavy (non-hydrogen) atoms. The Bertz CT molecular complexity index is 398. The van der Waals surface area contributed by atoms with Crippen LogP contribution in [0.15, 0.2) is 60.8 Å². The molecule has 0 saturated carbocycles. The van der Waals surface area contributed by atoms with E-state index < -0.39 is 5.97 Å². The Morgan fingerprint density at radius 3 is 2.09 bits per heavy atom. The summed E-state index contributed by atoms with van der Waals surface area (Å²) in [6.07, 6.45) is 28.4. The van der Waals surface area contributed by atoms with E-state index in [1.165, 1.54) is 25.7 Å². The van der Waals surface area contributed by atoms with Crippen molar-refractivity contribution in [3.8, 4) is 0 Å². The van der Waals surface area contributed by atoms with E-state index in [0.29, 0.717) is 6.42 Å². The summed E-state index contributed by atoms with van der Waals surface area (Å²) in [5.41, 5.74) is 0. The zero-order chi connectivity index (χ0) is 16.3. The van der Waals surface area contributed by atoms with Gasteiger partial charge in [0.1, 0.15) is 0 Å². The molecule has 0 aromatic rings. The third-order valence-corrected chi connectivity index (χ3v) is 3.00. The zero-order valence-electron chi connectivity index (χ0n) is 13.8. The average Bonchev–Trinajstić information content (AvgIpc) is 2.50. The fourth-order valence-electron chi connectivity index (χ4n) is 1.76. The van der Waals surface area contributed by atoms with Gasteiger partial charge in [-0.15, -0.1) is 0 Å². The number of rotatable bonds is 13. The number of carboxylic acid groups (broad SMARTS) is 1. The van der Waals surface area contributed by atoms with Gasteiger partial charge in [-0.05, 0) is 32.1 Å². The molecule has 0 bridgehead atoms. The number of aliphatic carboxylic acids is 1. The Hall–Kier alpha value is -1.83. The van der Waals surface area contributed by atoms with Crippen LogP contribution in [0.3, 0.4) is 0 Å². The van der Waals surface area contributed by atoms with Gasteiger partial charge >= 0.3 is 5.97 Å². The van der Waals surface area contributed by atoms with Gasteiger partial charge in [0.25, 0.3) is 0 Å². The van der Waals surface area contributed by atoms with Crippen LogP contribution in [-0.4, -0.2) is 11.1 Å². The van der Waals surface area contributed by atoms with Crippen LogP contribution in [-0.2, 0) is 4.79 Å². The van der Waals surface area contributed by atoms with Crippen LogP contribution in [0, 0.1) is 0 Å². The first-order valence-corrected chi connectivity index (χ1v) is 8.29. The Morgan fingerprint density at radius 1 is 0.773 bits per heavy atom. The van der Waals surface area contributed by atoms with Crippen LogP contribution in [0.5, 0.6) is 0 Å². The first-order valence-electron chi connectivity index (χ1n) is 8.29. The second-order valence-electron chi connectivity index (χ2n) is 5.11. The second kappa shape index (κ2) is 17.2. The molecule has 0 saturated heterocycles. The maximum Gasteiger partial charge on any atom is 0.303 e. The Kier molecular flexibility index (Phi) is 15.8. The molecular formula is C20H30O2. The van der Waals surface area contributed by atoms with Gasteiger partial charge in [0.15, 0.2) is 0 Å². The van der Waals surface area contributed by atoms with Crippen molar-refractivity contribution in [2.45, 2.75) is 58.3 Å². The lowest BCUT2D eigenvalue weighted by Gasteiger charge is -1.90. The molecule has 0 aromatic carbocycles. The number of allylic oxidation sites excluding steroid dienone is 10. The van der Waals surface area contributed by atoms with Crippen molar-refractivity contribution < 1.29 is 9.90 Å². The van der Waals surface area contributed by atoms with Gasteiger partial charge in [0.05, 0.1) is 0 Å². The van der Waals surface area contributed by atoms with Crippen LogP contribution in [0.1, 0.15) is 58.3 Å². The van der Waals surface area contributed by atoms with E-state index in [9.17, 15) is 4.79 Å². The van der Waals surface area contributed by atoms with Crippen LogP contribution in [0.2, 0.25) is 0 Å². The molecule has 0 unspecified atom stereocenters. The Balaban J connectivity index is 3.55. The summed E-state index contributed by atoms with van der Waals surface area (Å²) in [7, 11) is 0. The van der Waals surface area contributed by atoms with Crippen LogP contribution in [0.4, 0.5) is 0 Å². The molecule has 0 radical (unpaired) electrons. The average molecular weight is 302 g/mol. The van der Waals surface area contributed by atoms with Gasteiger partial charge in [-0.2, -0.15) is 0 Å². The molecular weight excluding hydrogens is 272 g/mol. The Morgan fingerprint density at radius 2 is 1.41 bits per heavy atom. The van der Waals surface area contributed by atoms with Crippen molar-refractivity contribution in [1.29, 1.82) is 0 Å². The third-order valence-electron chi connectivity index (χ3n) is 3.00. The van der Waals surface area contributed by atoms with Crippen molar-refractivity contribution in [2.75, 3.05) is 0 Å². The fraction of sp³-hybridized carbons (Fsp3) is 0.450. The van der Waals surface area contributed by atoms with Crippen LogP contribution < -0.4 is 0 Å². The lowest BCUT2D eigenvalue weighted by Crippen LogP contribution is -1.92. The molecule has 1 N–H and O–H groups in total. The first kappa shape index (κ1) is 20.2. The largest absolute Gasteiger partial charge is 0.481 e. The molecule has 0 aliphatic rings. The molecule has 2 nitrogen and oxygen atoms in total. The molecule has 0 aliphatic carbocycles. The number of unbranched alkanes of at least 4 members (excludes halogenated alkanes) is 4. The summed E-state index contributed by atoms with van der Waals surface area (Å²) < 4.78 is 0. The minimum atomic E-state index is -0.727. The van der Waals surface area contributed by atoms with Crippen molar-refractivity contribution in [2.24, 2.45) is 0 Å². The van der Waals surface area contributed by atoms with Gasteiger partial charge in [-0.3, -0.25) is 4.79 Å². The predicted octanol–water partition coefficient (Wildman–Crippen LogP) is 5.99. The van der Waals surface area contributed by atoms with Crippen LogP contribution in [0.25, 0.3) is 0 Å². The van der Waals surface area contributed by atoms with Gasteiger partial charge in [0.2, 0.25) is 0 Å². The first-order chi connectivity index (χ1) is 10.8. The van der Waals surface area contributed by atoms with E-state index in [0.717, 1.165) is 12.8 Å². The highest BCUT2D eigenvalue weighted by Crippen LogP contribution is 2.00. The van der Waals surface area contributed by atoms with Crippen molar-refractivity contribution >= 4 is 5.97 Å². The summed E-state index contributed by atoms with van der Waals surface area (Å²) in [5, 5.41) is 8.48. The van der Waals surface area contributed by atoms with E-state index in [4.69, 9.17) is 5.11 Å². The standard InChI is InChI=1S/C20H30O2/c1-2-3-4-5-6-7-8-9-10-11-12-13-14-15-16-17-18-19-20(21)22/h6-7,9-16H,2-5,8,17-19H2,1H3,(H,21,22). The SMILES string of the molecule is CCCCCC=CCC=CC=CC=CC=CCCCC(=O)O. The third kappa shape index (κ3) is 18.2. The predicted molar refractivity (Wildman–Crippen MR) is 95.9 cm³/mol. The second-order valence-corrected chi connectivity index (χ2v) is 5.11. The van der Waals surface area contributed by atoms with Crippen molar-refractivity contribution in [1.82, 2.24) is 0 Å². The highest BCUT2D eigenvalue weighted by molar-refractivity contribution is 5.66. The fourth-order valence-corrected chi connectivity index (χ4v) is 1.76. The molecule has 0 fully saturated rings. The molecule has 0 aliphatic heterocycles. The lowest BCUT2D eigenvalue weighted by atomic mass is 10.2. The number of hydrogen-bond acceptors (Lipinski definition) is 1. The number of carboxylic acids is 1. The van der Waals surface area contributed by atoms with E-state index >= 15 is 0 Å². The summed E-state index contributed by atoms with van der Waals surface area (Å²) in [6, 6.07) is 0. The minimum absolute atomic E-state index is 0.242. The maximum absolute atomic E-state index is 10.3. The van der Waals surface area contributed by atoms with Crippen molar-refractivity contribution in [3.63, 3.8) is 0 Å². The topological polar surface area (TPSA) is 37.3 Å². The van der Waals surface area contributed by atoms with E-state index in [1.807, 2.05) is 36.5 Å². The van der Waals surface area contributed by atoms with Crippen molar-refractivity contribution in [3.05, 3.63) is 60.8 Å². The monoisotopic (exact) mass is 302 g/mol. The molecule has 2 heteroatoms. The Labute approximate surface area is 135 Å². The van der Waals surface area contributed by atoms with E-state index in [2.05, 4.69) is 31.2 Å². The summed E-state index contributed by atoms with van der Waals surface area (Å²) in [6.45, 7) is 2.22.